The van der Waals surface area contributed by atoms with Gasteiger partial charge in [0.15, 0.2) is 0 Å². The summed E-state index contributed by atoms with van der Waals surface area (Å²) in [7, 11) is 1.75. The van der Waals surface area contributed by atoms with E-state index in [1.165, 1.54) is 23.1 Å². The number of hydrogen-bond donors (Lipinski definition) is 0. The number of para-hydroxylation sites is 1. The van der Waals surface area contributed by atoms with E-state index in [0.717, 1.165) is 38.2 Å². The minimum Gasteiger partial charge on any atom is -0.496 e. The summed E-state index contributed by atoms with van der Waals surface area (Å²) >= 11 is 0. The summed E-state index contributed by atoms with van der Waals surface area (Å²) in [6, 6.07) is 29.5. The SMILES string of the molecule is COc1ccccc1CCN1CCCC(OC(c2ccccc2)c2ccccc2)C1. The van der Waals surface area contributed by atoms with Crippen molar-refractivity contribution in [1.82, 2.24) is 4.90 Å². The summed E-state index contributed by atoms with van der Waals surface area (Å²) in [5.41, 5.74) is 3.71. The van der Waals surface area contributed by atoms with Crippen molar-refractivity contribution in [3.63, 3.8) is 0 Å². The van der Waals surface area contributed by atoms with E-state index in [-0.39, 0.29) is 12.2 Å². The lowest BCUT2D eigenvalue weighted by Gasteiger charge is -2.35. The fraction of sp³-hybridized carbons (Fsp3) is 0.333. The van der Waals surface area contributed by atoms with Crippen molar-refractivity contribution in [3.8, 4) is 5.75 Å². The molecule has 0 bridgehead atoms. The van der Waals surface area contributed by atoms with Gasteiger partial charge in [-0.05, 0) is 48.6 Å². The Morgan fingerprint density at radius 3 is 2.17 bits per heavy atom. The maximum atomic E-state index is 6.72. The Kier molecular flexibility index (Phi) is 7.17. The largest absolute Gasteiger partial charge is 0.496 e. The third-order valence-electron chi connectivity index (χ3n) is 5.89. The maximum absolute atomic E-state index is 6.72. The molecule has 4 rings (SSSR count). The van der Waals surface area contributed by atoms with Crippen molar-refractivity contribution in [2.75, 3.05) is 26.7 Å². The van der Waals surface area contributed by atoms with Gasteiger partial charge in [-0.15, -0.1) is 0 Å². The number of piperidine rings is 1. The van der Waals surface area contributed by atoms with Crippen LogP contribution < -0.4 is 4.74 Å². The number of ether oxygens (including phenoxy) is 2. The first kappa shape index (κ1) is 20.6. The van der Waals surface area contributed by atoms with Gasteiger partial charge in [-0.25, -0.2) is 0 Å². The second-order valence-corrected chi connectivity index (χ2v) is 7.96. The van der Waals surface area contributed by atoms with Crippen LogP contribution in [0.15, 0.2) is 84.9 Å². The summed E-state index contributed by atoms with van der Waals surface area (Å²) < 4.78 is 12.2. The Hall–Kier alpha value is -2.62. The molecule has 0 N–H and O–H groups in total. The smallest absolute Gasteiger partial charge is 0.122 e. The molecule has 0 amide bonds. The van der Waals surface area contributed by atoms with Crippen LogP contribution in [0.4, 0.5) is 0 Å². The second-order valence-electron chi connectivity index (χ2n) is 7.96. The van der Waals surface area contributed by atoms with Gasteiger partial charge in [0.1, 0.15) is 11.9 Å². The summed E-state index contributed by atoms with van der Waals surface area (Å²) in [6.45, 7) is 3.14. The molecular formula is C27H31NO2. The normalized spacial score (nSPS) is 17.2. The minimum absolute atomic E-state index is 0.0217. The van der Waals surface area contributed by atoms with Gasteiger partial charge >= 0.3 is 0 Å². The third kappa shape index (κ3) is 5.29. The van der Waals surface area contributed by atoms with E-state index >= 15 is 0 Å². The standard InChI is InChI=1S/C27H31NO2/c1-29-26-17-9-8-11-22(26)18-20-28-19-10-16-25(21-28)30-27(23-12-4-2-5-13-23)24-14-6-3-7-15-24/h2-9,11-15,17,25,27H,10,16,18-21H2,1H3. The molecule has 0 spiro atoms. The fourth-order valence-electron chi connectivity index (χ4n) is 4.31. The number of rotatable bonds is 8. The van der Waals surface area contributed by atoms with E-state index in [1.807, 2.05) is 12.1 Å². The molecule has 1 unspecified atom stereocenters. The zero-order valence-corrected chi connectivity index (χ0v) is 17.7. The predicted octanol–water partition coefficient (Wildman–Crippen LogP) is 5.51. The molecule has 1 aliphatic heterocycles. The molecule has 1 saturated heterocycles. The number of likely N-dealkylation sites (tertiary alicyclic amines) is 1. The maximum Gasteiger partial charge on any atom is 0.122 e. The molecule has 3 nitrogen and oxygen atoms in total. The molecule has 0 aromatic heterocycles. The quantitative estimate of drug-likeness (QED) is 0.497. The van der Waals surface area contributed by atoms with Crippen LogP contribution in [0.3, 0.4) is 0 Å². The van der Waals surface area contributed by atoms with E-state index in [0.29, 0.717) is 0 Å². The highest BCUT2D eigenvalue weighted by molar-refractivity contribution is 5.33. The minimum atomic E-state index is -0.0217. The first-order chi connectivity index (χ1) is 14.8. The molecule has 0 saturated carbocycles. The highest BCUT2D eigenvalue weighted by Gasteiger charge is 2.25. The number of benzene rings is 3. The van der Waals surface area contributed by atoms with Crippen LogP contribution in [-0.2, 0) is 11.2 Å². The zero-order valence-electron chi connectivity index (χ0n) is 17.7. The molecule has 1 heterocycles. The van der Waals surface area contributed by atoms with Crippen molar-refractivity contribution in [3.05, 3.63) is 102 Å². The molecule has 1 atom stereocenters. The van der Waals surface area contributed by atoms with Gasteiger partial charge in [0.05, 0.1) is 13.2 Å². The van der Waals surface area contributed by atoms with Crippen LogP contribution in [-0.4, -0.2) is 37.7 Å². The van der Waals surface area contributed by atoms with Gasteiger partial charge in [0, 0.05) is 13.1 Å². The number of nitrogens with zero attached hydrogens (tertiary/aromatic N) is 1. The van der Waals surface area contributed by atoms with Gasteiger partial charge in [0.25, 0.3) is 0 Å². The van der Waals surface area contributed by atoms with Crippen LogP contribution in [0.2, 0.25) is 0 Å². The molecule has 156 valence electrons. The van der Waals surface area contributed by atoms with Crippen molar-refractivity contribution < 1.29 is 9.47 Å². The average Bonchev–Trinajstić information content (AvgIpc) is 2.83. The summed E-state index contributed by atoms with van der Waals surface area (Å²) in [4.78, 5) is 2.54. The van der Waals surface area contributed by atoms with E-state index in [2.05, 4.69) is 77.7 Å². The fourth-order valence-corrected chi connectivity index (χ4v) is 4.31. The van der Waals surface area contributed by atoms with Gasteiger partial charge in [0.2, 0.25) is 0 Å². The number of hydrogen-bond acceptors (Lipinski definition) is 3. The van der Waals surface area contributed by atoms with E-state index in [9.17, 15) is 0 Å². The molecule has 0 aliphatic carbocycles. The molecule has 3 heteroatoms. The monoisotopic (exact) mass is 401 g/mol. The topological polar surface area (TPSA) is 21.7 Å². The molecule has 1 fully saturated rings. The Morgan fingerprint density at radius 1 is 0.867 bits per heavy atom. The van der Waals surface area contributed by atoms with Crippen LogP contribution in [0, 0.1) is 0 Å². The molecule has 0 radical (unpaired) electrons. The van der Waals surface area contributed by atoms with Crippen molar-refractivity contribution >= 4 is 0 Å². The third-order valence-corrected chi connectivity index (χ3v) is 5.89. The molecule has 1 aliphatic rings. The van der Waals surface area contributed by atoms with Crippen LogP contribution in [0.25, 0.3) is 0 Å². The van der Waals surface area contributed by atoms with E-state index < -0.39 is 0 Å². The number of methoxy groups -OCH3 is 1. The summed E-state index contributed by atoms with van der Waals surface area (Å²) in [5, 5.41) is 0. The molecular weight excluding hydrogens is 370 g/mol. The summed E-state index contributed by atoms with van der Waals surface area (Å²) in [5.74, 6) is 0.982. The van der Waals surface area contributed by atoms with Gasteiger partial charge < -0.3 is 14.4 Å². The Labute approximate surface area is 180 Å². The highest BCUT2D eigenvalue weighted by atomic mass is 16.5. The van der Waals surface area contributed by atoms with E-state index in [4.69, 9.17) is 9.47 Å². The highest BCUT2D eigenvalue weighted by Crippen LogP contribution is 2.29. The van der Waals surface area contributed by atoms with Gasteiger partial charge in [-0.2, -0.15) is 0 Å². The average molecular weight is 402 g/mol. The Balaban J connectivity index is 1.41. The van der Waals surface area contributed by atoms with E-state index in [1.54, 1.807) is 7.11 Å². The van der Waals surface area contributed by atoms with Crippen molar-refractivity contribution in [2.24, 2.45) is 0 Å². The lowest BCUT2D eigenvalue weighted by molar-refractivity contribution is -0.0330. The molecule has 3 aromatic carbocycles. The predicted molar refractivity (Wildman–Crippen MR) is 122 cm³/mol. The zero-order chi connectivity index (χ0) is 20.6. The van der Waals surface area contributed by atoms with Crippen LogP contribution >= 0.6 is 0 Å². The Morgan fingerprint density at radius 2 is 1.50 bits per heavy atom. The van der Waals surface area contributed by atoms with Crippen LogP contribution in [0.1, 0.15) is 35.6 Å². The first-order valence-corrected chi connectivity index (χ1v) is 10.9. The van der Waals surface area contributed by atoms with Crippen LogP contribution in [0.5, 0.6) is 5.75 Å². The summed E-state index contributed by atoms with van der Waals surface area (Å²) in [6.07, 6.45) is 3.50. The molecule has 3 aromatic rings. The Bertz CT molecular complexity index is 858. The van der Waals surface area contributed by atoms with Crippen molar-refractivity contribution in [2.45, 2.75) is 31.5 Å². The van der Waals surface area contributed by atoms with Gasteiger partial charge in [-0.3, -0.25) is 0 Å². The lowest BCUT2D eigenvalue weighted by atomic mass is 10.00. The van der Waals surface area contributed by atoms with Gasteiger partial charge in [-0.1, -0.05) is 78.9 Å². The van der Waals surface area contributed by atoms with Crippen molar-refractivity contribution in [1.29, 1.82) is 0 Å². The molecule has 30 heavy (non-hydrogen) atoms. The lowest BCUT2D eigenvalue weighted by Crippen LogP contribution is -2.41. The first-order valence-electron chi connectivity index (χ1n) is 10.9. The second kappa shape index (κ2) is 10.4.